The first-order valence-electron chi connectivity index (χ1n) is 11.6. The topological polar surface area (TPSA) is 42.2 Å². The Morgan fingerprint density at radius 3 is 2.14 bits per heavy atom. The number of carbonyl (C=O) groups is 1. The van der Waals surface area contributed by atoms with E-state index in [0.29, 0.717) is 17.9 Å². The van der Waals surface area contributed by atoms with E-state index in [1.165, 1.54) is 12.1 Å². The summed E-state index contributed by atoms with van der Waals surface area (Å²) in [5, 5.41) is 3.08. The fourth-order valence-electron chi connectivity index (χ4n) is 5.06. The van der Waals surface area contributed by atoms with Gasteiger partial charge in [-0.2, -0.15) is 0 Å². The van der Waals surface area contributed by atoms with Crippen molar-refractivity contribution in [2.75, 3.05) is 5.32 Å². The van der Waals surface area contributed by atoms with Crippen LogP contribution in [0.3, 0.4) is 0 Å². The van der Waals surface area contributed by atoms with Crippen molar-refractivity contribution < 1.29 is 13.6 Å². The summed E-state index contributed by atoms with van der Waals surface area (Å²) in [5.41, 5.74) is 3.81. The van der Waals surface area contributed by atoms with Crippen LogP contribution < -0.4 is 5.32 Å². The van der Waals surface area contributed by atoms with E-state index >= 15 is 0 Å². The van der Waals surface area contributed by atoms with Crippen molar-refractivity contribution in [2.45, 2.75) is 11.8 Å². The zero-order chi connectivity index (χ0) is 23.8. The Morgan fingerprint density at radius 1 is 0.714 bits per heavy atom. The molecule has 0 spiro atoms. The van der Waals surface area contributed by atoms with E-state index < -0.39 is 5.41 Å². The van der Waals surface area contributed by atoms with Gasteiger partial charge in [0.1, 0.15) is 22.8 Å². The molecule has 5 aromatic rings. The SMILES string of the molecule is O=C1Nc2ccccc2[C@@]1(Cc1cccc(F)c1)c1cc(-c2ccccc2)oc1-c1ccccc1. The minimum Gasteiger partial charge on any atom is -0.456 e. The monoisotopic (exact) mass is 459 g/mol. The number of hydrogen-bond acceptors (Lipinski definition) is 2. The maximum absolute atomic E-state index is 14.2. The number of furan rings is 1. The molecule has 4 aromatic carbocycles. The second-order valence-electron chi connectivity index (χ2n) is 8.80. The Bertz CT molecular complexity index is 1520. The zero-order valence-electron chi connectivity index (χ0n) is 18.9. The number of hydrogen-bond donors (Lipinski definition) is 1. The molecule has 0 unspecified atom stereocenters. The highest BCUT2D eigenvalue weighted by molar-refractivity contribution is 6.10. The summed E-state index contributed by atoms with van der Waals surface area (Å²) in [5.74, 6) is 0.827. The molecule has 1 atom stereocenters. The van der Waals surface area contributed by atoms with Crippen LogP contribution in [-0.4, -0.2) is 5.91 Å². The molecule has 1 aliphatic heterocycles. The summed E-state index contributed by atoms with van der Waals surface area (Å²) in [7, 11) is 0. The second-order valence-corrected chi connectivity index (χ2v) is 8.80. The summed E-state index contributed by atoms with van der Waals surface area (Å²) in [6.45, 7) is 0. The van der Waals surface area contributed by atoms with Gasteiger partial charge in [-0.25, -0.2) is 4.39 Å². The first-order valence-corrected chi connectivity index (χ1v) is 11.6. The number of carbonyl (C=O) groups excluding carboxylic acids is 1. The molecule has 6 rings (SSSR count). The molecule has 0 aliphatic carbocycles. The van der Waals surface area contributed by atoms with Crippen molar-refractivity contribution in [3.05, 3.63) is 138 Å². The largest absolute Gasteiger partial charge is 0.456 e. The second kappa shape index (κ2) is 8.41. The van der Waals surface area contributed by atoms with E-state index in [4.69, 9.17) is 4.42 Å². The molecular formula is C31H22FNO2. The Kier molecular flexibility index (Phi) is 5.07. The number of halogens is 1. The van der Waals surface area contributed by atoms with Crippen LogP contribution in [0.15, 0.2) is 120 Å². The molecule has 1 N–H and O–H groups in total. The predicted octanol–water partition coefficient (Wildman–Crippen LogP) is 7.23. The highest BCUT2D eigenvalue weighted by Gasteiger charge is 2.50. The molecule has 2 heterocycles. The van der Waals surface area contributed by atoms with Gasteiger partial charge in [0, 0.05) is 22.4 Å². The number of nitrogens with one attached hydrogen (secondary N) is 1. The summed E-state index contributed by atoms with van der Waals surface area (Å²) in [6, 6.07) is 35.8. The third-order valence-corrected chi connectivity index (χ3v) is 6.67. The summed E-state index contributed by atoms with van der Waals surface area (Å²) in [4.78, 5) is 13.9. The van der Waals surface area contributed by atoms with Crippen molar-refractivity contribution >= 4 is 11.6 Å². The van der Waals surface area contributed by atoms with Crippen LogP contribution in [0.2, 0.25) is 0 Å². The van der Waals surface area contributed by atoms with E-state index in [1.54, 1.807) is 6.07 Å². The van der Waals surface area contributed by atoms with E-state index in [0.717, 1.165) is 33.5 Å². The molecule has 3 nitrogen and oxygen atoms in total. The van der Waals surface area contributed by atoms with E-state index in [-0.39, 0.29) is 11.7 Å². The van der Waals surface area contributed by atoms with Crippen LogP contribution in [0.5, 0.6) is 0 Å². The molecule has 1 amide bonds. The maximum Gasteiger partial charge on any atom is 0.240 e. The van der Waals surface area contributed by atoms with Crippen LogP contribution in [0.4, 0.5) is 10.1 Å². The lowest BCUT2D eigenvalue weighted by molar-refractivity contribution is -0.119. The lowest BCUT2D eigenvalue weighted by Crippen LogP contribution is -2.38. The van der Waals surface area contributed by atoms with Crippen molar-refractivity contribution in [1.82, 2.24) is 0 Å². The number of fused-ring (bicyclic) bond motifs is 1. The number of para-hydroxylation sites is 1. The number of anilines is 1. The van der Waals surface area contributed by atoms with Gasteiger partial charge in [-0.3, -0.25) is 4.79 Å². The fourth-order valence-corrected chi connectivity index (χ4v) is 5.06. The van der Waals surface area contributed by atoms with Gasteiger partial charge in [0.25, 0.3) is 0 Å². The molecule has 1 aromatic heterocycles. The van der Waals surface area contributed by atoms with Gasteiger partial charge < -0.3 is 9.73 Å². The molecule has 0 saturated heterocycles. The highest BCUT2D eigenvalue weighted by Crippen LogP contribution is 2.50. The average Bonchev–Trinajstić information content (AvgIpc) is 3.45. The van der Waals surface area contributed by atoms with Gasteiger partial charge in [0.2, 0.25) is 5.91 Å². The molecule has 35 heavy (non-hydrogen) atoms. The van der Waals surface area contributed by atoms with Crippen molar-refractivity contribution in [2.24, 2.45) is 0 Å². The van der Waals surface area contributed by atoms with Gasteiger partial charge >= 0.3 is 0 Å². The van der Waals surface area contributed by atoms with Crippen LogP contribution >= 0.6 is 0 Å². The first kappa shape index (κ1) is 21.1. The Balaban J connectivity index is 1.65. The van der Waals surface area contributed by atoms with Gasteiger partial charge in [0.05, 0.1) is 0 Å². The molecular weight excluding hydrogens is 437 g/mol. The number of rotatable bonds is 5. The van der Waals surface area contributed by atoms with Gasteiger partial charge in [-0.15, -0.1) is 0 Å². The molecule has 0 saturated carbocycles. The minimum absolute atomic E-state index is 0.152. The standard InChI is InChI=1S/C31H22FNO2/c32-24-15-9-10-21(18-24)20-31(25-16-7-8-17-27(25)33-30(31)34)26-19-28(22-11-3-1-4-12-22)35-29(26)23-13-5-2-6-14-23/h1-19H,20H2,(H,33,34)/t31-/m0/s1. The van der Waals surface area contributed by atoms with Crippen LogP contribution in [0, 0.1) is 5.82 Å². The first-order chi connectivity index (χ1) is 17.1. The zero-order valence-corrected chi connectivity index (χ0v) is 18.9. The van der Waals surface area contributed by atoms with Crippen molar-refractivity contribution in [3.63, 3.8) is 0 Å². The van der Waals surface area contributed by atoms with Gasteiger partial charge in [-0.1, -0.05) is 91.0 Å². The molecule has 170 valence electrons. The summed E-state index contributed by atoms with van der Waals surface area (Å²) >= 11 is 0. The molecule has 0 radical (unpaired) electrons. The number of amides is 1. The van der Waals surface area contributed by atoms with Gasteiger partial charge in [-0.05, 0) is 41.8 Å². The maximum atomic E-state index is 14.2. The smallest absolute Gasteiger partial charge is 0.240 e. The number of benzene rings is 4. The van der Waals surface area contributed by atoms with Crippen molar-refractivity contribution in [3.8, 4) is 22.6 Å². The summed E-state index contributed by atoms with van der Waals surface area (Å²) < 4.78 is 20.7. The van der Waals surface area contributed by atoms with Crippen LogP contribution in [0.25, 0.3) is 22.6 Å². The molecule has 0 bridgehead atoms. The van der Waals surface area contributed by atoms with Crippen LogP contribution in [0.1, 0.15) is 16.7 Å². The molecule has 1 aliphatic rings. The fraction of sp³-hybridized carbons (Fsp3) is 0.0645. The normalized spacial score (nSPS) is 16.7. The lowest BCUT2D eigenvalue weighted by Gasteiger charge is -2.28. The minimum atomic E-state index is -1.09. The third kappa shape index (κ3) is 3.55. The van der Waals surface area contributed by atoms with E-state index in [1.807, 2.05) is 97.1 Å². The molecule has 0 fully saturated rings. The lowest BCUT2D eigenvalue weighted by atomic mass is 9.70. The Morgan fingerprint density at radius 2 is 1.40 bits per heavy atom. The third-order valence-electron chi connectivity index (χ3n) is 6.67. The summed E-state index contributed by atoms with van der Waals surface area (Å²) in [6.07, 6.45) is 0.293. The Hall–Kier alpha value is -4.44. The van der Waals surface area contributed by atoms with Crippen molar-refractivity contribution in [1.29, 1.82) is 0 Å². The van der Waals surface area contributed by atoms with E-state index in [9.17, 15) is 9.18 Å². The van der Waals surface area contributed by atoms with E-state index in [2.05, 4.69) is 5.32 Å². The molecule has 4 heteroatoms. The average molecular weight is 460 g/mol. The van der Waals surface area contributed by atoms with Gasteiger partial charge in [0.15, 0.2) is 0 Å². The Labute approximate surface area is 202 Å². The quantitative estimate of drug-likeness (QED) is 0.301. The highest BCUT2D eigenvalue weighted by atomic mass is 19.1. The predicted molar refractivity (Wildman–Crippen MR) is 136 cm³/mol. The van der Waals surface area contributed by atoms with Crippen LogP contribution in [-0.2, 0) is 16.6 Å².